The molecule has 2 saturated heterocycles. The van der Waals surface area contributed by atoms with Crippen LogP contribution in [-0.4, -0.2) is 119 Å². The van der Waals surface area contributed by atoms with Crippen LogP contribution in [0.5, 0.6) is 5.75 Å². The van der Waals surface area contributed by atoms with E-state index in [1.54, 1.807) is 12.4 Å². The van der Waals surface area contributed by atoms with E-state index < -0.39 is 54.1 Å². The van der Waals surface area contributed by atoms with Gasteiger partial charge in [-0.3, -0.25) is 48.8 Å². The summed E-state index contributed by atoms with van der Waals surface area (Å²) in [5, 5.41) is 10.6. The summed E-state index contributed by atoms with van der Waals surface area (Å²) < 4.78 is 11.1. The fraction of sp³-hybridized carbons (Fsp3) is 0.349. The summed E-state index contributed by atoms with van der Waals surface area (Å²) in [5.41, 5.74) is 15.7. The molecular weight excluding hydrogens is 815 g/mol. The topological polar surface area (TPSA) is 283 Å². The van der Waals surface area contributed by atoms with Crippen molar-refractivity contribution in [1.29, 1.82) is 0 Å². The summed E-state index contributed by atoms with van der Waals surface area (Å²) in [6.07, 6.45) is 6.79. The summed E-state index contributed by atoms with van der Waals surface area (Å²) in [6, 6.07) is 11.9. The molecule has 20 nitrogen and oxygen atoms in total. The number of piperidine rings is 1. The number of hydrogen-bond acceptors (Lipinski definition) is 15. The first kappa shape index (κ1) is 43.8. The number of hydrogen-bond donors (Lipinski definition) is 6. The van der Waals surface area contributed by atoms with E-state index >= 15 is 0 Å². The van der Waals surface area contributed by atoms with Crippen LogP contribution in [0.1, 0.15) is 68.9 Å². The molecule has 0 spiro atoms. The zero-order valence-corrected chi connectivity index (χ0v) is 34.3. The molecule has 4 aromatic rings. The van der Waals surface area contributed by atoms with Crippen LogP contribution in [0, 0.1) is 0 Å². The fourth-order valence-corrected chi connectivity index (χ4v) is 7.40. The predicted octanol–water partition coefficient (Wildman–Crippen LogP) is 0.962. The maximum atomic E-state index is 13.3. The Kier molecular flexibility index (Phi) is 13.9. The van der Waals surface area contributed by atoms with Crippen LogP contribution in [0.2, 0.25) is 0 Å². The van der Waals surface area contributed by atoms with Crippen molar-refractivity contribution in [2.75, 3.05) is 62.0 Å². The Bertz CT molecular complexity index is 2410. The molecule has 3 aliphatic rings. The first-order chi connectivity index (χ1) is 30.5. The Hall–Kier alpha value is -7.32. The minimum Gasteiger partial charge on any atom is -0.483 e. The van der Waals surface area contributed by atoms with Crippen molar-refractivity contribution in [2.45, 2.75) is 50.6 Å². The van der Waals surface area contributed by atoms with Crippen molar-refractivity contribution < 1.29 is 43.0 Å². The summed E-state index contributed by atoms with van der Waals surface area (Å²) >= 11 is 0. The van der Waals surface area contributed by atoms with Crippen LogP contribution in [0.3, 0.4) is 0 Å². The van der Waals surface area contributed by atoms with Gasteiger partial charge in [-0.1, -0.05) is 30.3 Å². The molecule has 0 bridgehead atoms. The summed E-state index contributed by atoms with van der Waals surface area (Å²) in [4.78, 5) is 105. The highest BCUT2D eigenvalue weighted by Crippen LogP contribution is 2.34. The van der Waals surface area contributed by atoms with Gasteiger partial charge in [0.05, 0.1) is 59.8 Å². The first-order valence-electron chi connectivity index (χ1n) is 20.6. The lowest BCUT2D eigenvalue weighted by molar-refractivity contribution is -0.136. The Morgan fingerprint density at radius 1 is 0.952 bits per heavy atom. The number of fused-ring (bicyclic) bond motifs is 1. The Labute approximate surface area is 361 Å². The van der Waals surface area contributed by atoms with Crippen molar-refractivity contribution in [3.8, 4) is 17.0 Å². The van der Waals surface area contributed by atoms with E-state index in [0.717, 1.165) is 21.7 Å². The maximum Gasteiger partial charge on any atom is 0.278 e. The lowest BCUT2D eigenvalue weighted by atomic mass is 10.0. The lowest BCUT2D eigenvalue weighted by Crippen LogP contribution is -2.54. The van der Waals surface area contributed by atoms with Gasteiger partial charge in [0.2, 0.25) is 17.7 Å². The average Bonchev–Trinajstić information content (AvgIpc) is 3.54. The van der Waals surface area contributed by atoms with Gasteiger partial charge >= 0.3 is 0 Å². The van der Waals surface area contributed by atoms with Gasteiger partial charge in [0.1, 0.15) is 11.8 Å². The number of nitrogens with two attached hydrogens (primary N) is 2. The summed E-state index contributed by atoms with van der Waals surface area (Å²) in [7, 11) is 0. The number of benzene rings is 2. The number of nitrogens with one attached hydrogen (secondary N) is 4. The van der Waals surface area contributed by atoms with Gasteiger partial charge in [-0.05, 0) is 55.9 Å². The minimum atomic E-state index is -1.12. The number of nitrogens with zero attached hydrogens (tertiary/aromatic N) is 5. The molecule has 0 aliphatic carbocycles. The summed E-state index contributed by atoms with van der Waals surface area (Å²) in [5.74, 6) is -3.87. The second-order valence-corrected chi connectivity index (χ2v) is 15.0. The van der Waals surface area contributed by atoms with E-state index in [2.05, 4.69) is 41.1 Å². The van der Waals surface area contributed by atoms with Gasteiger partial charge in [0.15, 0.2) is 18.1 Å². The standard InChI is InChI=1S/C43H47N11O9/c44-28(5-1-2-15-47-35(56)24-63-33-6-3-4-27-36(33)43(61)54(42(27)60)32-11-12-34(55)52-40(32)58)39(57)48-17-13-25-7-9-26(10-8-25)29-23-49-38(45)37(50-29)41(59)51-30-22-46-16-14-31(30)53-18-20-62-21-19-53/h3-4,6-10,14,16,22-23,28,32H,1-2,5,11-13,15,17-21,24,44H2,(H2,45,49)(H,47,56)(H,48,57)(H,51,59)(H,52,55,58). The molecule has 8 N–H and O–H groups in total. The SMILES string of the molecule is Nc1ncc(-c2ccc(CCNC(=O)C(N)CCCCNC(=O)COc3cccc4c3C(=O)N(C3CCC(=O)NC3=O)C4=O)cc2)nc1C(=O)Nc1cnccc1N1CCOCC1. The molecule has 2 fully saturated rings. The maximum absolute atomic E-state index is 13.3. The first-order valence-corrected chi connectivity index (χ1v) is 20.6. The van der Waals surface area contributed by atoms with Crippen molar-refractivity contribution >= 4 is 58.5 Å². The number of rotatable bonds is 17. The monoisotopic (exact) mass is 861 g/mol. The van der Waals surface area contributed by atoms with Crippen LogP contribution >= 0.6 is 0 Å². The molecule has 3 aliphatic heterocycles. The number of carbonyl (C=O) groups is 7. The van der Waals surface area contributed by atoms with E-state index in [1.165, 1.54) is 24.4 Å². The van der Waals surface area contributed by atoms with E-state index in [4.69, 9.17) is 20.9 Å². The molecular formula is C43H47N11O9. The molecule has 2 aromatic heterocycles. The second kappa shape index (κ2) is 20.0. The molecule has 7 rings (SSSR count). The molecule has 0 saturated carbocycles. The Morgan fingerprint density at radius 3 is 2.52 bits per heavy atom. The van der Waals surface area contributed by atoms with Gasteiger partial charge < -0.3 is 41.8 Å². The molecule has 20 heteroatoms. The number of morpholine rings is 1. The molecule has 7 amide bonds. The highest BCUT2D eigenvalue weighted by Gasteiger charge is 2.46. The highest BCUT2D eigenvalue weighted by atomic mass is 16.5. The van der Waals surface area contributed by atoms with Crippen molar-refractivity contribution in [3.63, 3.8) is 0 Å². The molecule has 2 atom stereocenters. The second-order valence-electron chi connectivity index (χ2n) is 15.0. The van der Waals surface area contributed by atoms with Gasteiger partial charge in [-0.2, -0.15) is 0 Å². The van der Waals surface area contributed by atoms with Gasteiger partial charge in [0, 0.05) is 44.4 Å². The van der Waals surface area contributed by atoms with Crippen molar-refractivity contribution in [2.24, 2.45) is 5.73 Å². The number of unbranched alkanes of at least 4 members (excludes halogenated alkanes) is 1. The van der Waals surface area contributed by atoms with Crippen LogP contribution in [-0.2, 0) is 30.3 Å². The smallest absolute Gasteiger partial charge is 0.278 e. The number of anilines is 3. The number of imide groups is 2. The largest absolute Gasteiger partial charge is 0.483 e. The van der Waals surface area contributed by atoms with E-state index in [9.17, 15) is 33.6 Å². The molecule has 5 heterocycles. The minimum absolute atomic E-state index is 0.00636. The normalized spacial score (nSPS) is 16.6. The molecule has 2 unspecified atom stereocenters. The van der Waals surface area contributed by atoms with Crippen LogP contribution in [0.25, 0.3) is 11.3 Å². The number of nitrogen functional groups attached to an aromatic ring is 1. The Balaban J connectivity index is 0.801. The predicted molar refractivity (Wildman–Crippen MR) is 227 cm³/mol. The van der Waals surface area contributed by atoms with E-state index in [0.29, 0.717) is 69.9 Å². The van der Waals surface area contributed by atoms with Crippen LogP contribution in [0.15, 0.2) is 67.1 Å². The van der Waals surface area contributed by atoms with Gasteiger partial charge in [-0.25, -0.2) is 9.97 Å². The number of amides is 7. The average molecular weight is 862 g/mol. The Morgan fingerprint density at radius 2 is 1.75 bits per heavy atom. The van der Waals surface area contributed by atoms with Crippen LogP contribution < -0.4 is 42.4 Å². The number of pyridine rings is 1. The summed E-state index contributed by atoms with van der Waals surface area (Å²) in [6.45, 7) is 2.75. The van der Waals surface area contributed by atoms with E-state index in [-0.39, 0.29) is 53.7 Å². The number of ether oxygens (including phenoxy) is 2. The van der Waals surface area contributed by atoms with Crippen molar-refractivity contribution in [1.82, 2.24) is 35.8 Å². The van der Waals surface area contributed by atoms with Crippen LogP contribution in [0.4, 0.5) is 17.2 Å². The van der Waals surface area contributed by atoms with E-state index in [1.807, 2.05) is 30.3 Å². The molecule has 2 aromatic carbocycles. The molecule has 0 radical (unpaired) electrons. The third-order valence-corrected chi connectivity index (χ3v) is 10.8. The molecule has 63 heavy (non-hydrogen) atoms. The fourth-order valence-electron chi connectivity index (χ4n) is 7.40. The number of carbonyl (C=O) groups excluding carboxylic acids is 7. The third kappa shape index (κ3) is 10.4. The third-order valence-electron chi connectivity index (χ3n) is 10.8. The zero-order valence-electron chi connectivity index (χ0n) is 34.3. The molecule has 328 valence electrons. The van der Waals surface area contributed by atoms with Gasteiger partial charge in [0.25, 0.3) is 23.6 Å². The number of aromatic nitrogens is 3. The van der Waals surface area contributed by atoms with Crippen molar-refractivity contribution in [3.05, 3.63) is 89.5 Å². The quantitative estimate of drug-likeness (QED) is 0.0637. The zero-order chi connectivity index (χ0) is 44.5. The highest BCUT2D eigenvalue weighted by molar-refractivity contribution is 6.24. The lowest BCUT2D eigenvalue weighted by Gasteiger charge is -2.30. The van der Waals surface area contributed by atoms with Gasteiger partial charge in [-0.15, -0.1) is 0 Å².